The zero-order valence-electron chi connectivity index (χ0n) is 20.6. The molecule has 0 nitrogen and oxygen atoms in total. The van der Waals surface area contributed by atoms with Crippen molar-refractivity contribution in [2.45, 2.75) is 26.2 Å². The Balaban J connectivity index is 1.54. The van der Waals surface area contributed by atoms with Gasteiger partial charge in [-0.05, 0) is 57.5 Å². The van der Waals surface area contributed by atoms with Gasteiger partial charge in [-0.3, -0.25) is 0 Å². The topological polar surface area (TPSA) is 0 Å². The first-order valence-corrected chi connectivity index (χ1v) is 14.1. The van der Waals surface area contributed by atoms with E-state index in [2.05, 4.69) is 124 Å². The first kappa shape index (κ1) is 21.8. The van der Waals surface area contributed by atoms with Crippen LogP contribution in [0.4, 0.5) is 0 Å². The molecule has 0 saturated heterocycles. The molecular weight excluding hydrogens is 473 g/mol. The minimum Gasteiger partial charge on any atom is -0.135 e. The summed E-state index contributed by atoms with van der Waals surface area (Å²) in [5.74, 6) is 0. The minimum atomic E-state index is 0.0451. The molecule has 2 heteroatoms. The molecule has 0 radical (unpaired) electrons. The molecule has 0 spiro atoms. The van der Waals surface area contributed by atoms with Gasteiger partial charge in [-0.1, -0.05) is 99.6 Å². The second-order valence-corrected chi connectivity index (χ2v) is 12.7. The van der Waals surface area contributed by atoms with E-state index in [1.807, 2.05) is 22.7 Å². The summed E-state index contributed by atoms with van der Waals surface area (Å²) in [6.45, 7) is 6.95. The minimum absolute atomic E-state index is 0.0451. The van der Waals surface area contributed by atoms with Crippen molar-refractivity contribution in [3.8, 4) is 22.3 Å². The van der Waals surface area contributed by atoms with E-state index in [-0.39, 0.29) is 5.41 Å². The van der Waals surface area contributed by atoms with Crippen LogP contribution in [0.1, 0.15) is 26.3 Å². The van der Waals surface area contributed by atoms with E-state index in [9.17, 15) is 0 Å². The highest BCUT2D eigenvalue weighted by Crippen LogP contribution is 2.44. The Hall–Kier alpha value is -3.46. The molecule has 0 fully saturated rings. The Morgan fingerprint density at radius 1 is 0.500 bits per heavy atom. The van der Waals surface area contributed by atoms with E-state index in [1.54, 1.807) is 0 Å². The SMILES string of the molecule is CC(C)(C)c1cc(-c2cccc3c2sc2ccccc23)cc(-c2cccc3sc4ccccc4c23)c1. The van der Waals surface area contributed by atoms with Crippen LogP contribution in [0.3, 0.4) is 0 Å². The van der Waals surface area contributed by atoms with Crippen molar-refractivity contribution in [3.63, 3.8) is 0 Å². The molecule has 7 rings (SSSR count). The van der Waals surface area contributed by atoms with Crippen molar-refractivity contribution in [1.82, 2.24) is 0 Å². The third kappa shape index (κ3) is 3.40. The highest BCUT2D eigenvalue weighted by Gasteiger charge is 2.19. The van der Waals surface area contributed by atoms with Gasteiger partial charge in [-0.2, -0.15) is 0 Å². The van der Waals surface area contributed by atoms with Crippen LogP contribution in [-0.2, 0) is 5.41 Å². The smallest absolute Gasteiger partial charge is 0.0433 e. The number of hydrogen-bond acceptors (Lipinski definition) is 2. The summed E-state index contributed by atoms with van der Waals surface area (Å²) < 4.78 is 5.42. The van der Waals surface area contributed by atoms with Gasteiger partial charge < -0.3 is 0 Å². The molecule has 36 heavy (non-hydrogen) atoms. The number of fused-ring (bicyclic) bond motifs is 6. The summed E-state index contributed by atoms with van der Waals surface area (Å²) >= 11 is 3.79. The van der Waals surface area contributed by atoms with E-state index in [1.165, 1.54) is 68.2 Å². The molecule has 0 atom stereocenters. The molecule has 5 aromatic carbocycles. The van der Waals surface area contributed by atoms with Gasteiger partial charge in [0.25, 0.3) is 0 Å². The summed E-state index contributed by atoms with van der Waals surface area (Å²) in [4.78, 5) is 0. The van der Waals surface area contributed by atoms with Gasteiger partial charge >= 0.3 is 0 Å². The molecular formula is C34H26S2. The average Bonchev–Trinajstić information content (AvgIpc) is 3.46. The van der Waals surface area contributed by atoms with Gasteiger partial charge in [0, 0.05) is 40.3 Å². The quantitative estimate of drug-likeness (QED) is 0.222. The number of benzene rings is 5. The zero-order valence-corrected chi connectivity index (χ0v) is 22.3. The van der Waals surface area contributed by atoms with Crippen LogP contribution < -0.4 is 0 Å². The number of hydrogen-bond donors (Lipinski definition) is 0. The van der Waals surface area contributed by atoms with Crippen molar-refractivity contribution in [3.05, 3.63) is 109 Å². The van der Waals surface area contributed by atoms with Crippen LogP contribution in [0.5, 0.6) is 0 Å². The van der Waals surface area contributed by atoms with Crippen LogP contribution in [0.15, 0.2) is 103 Å². The standard InChI is InChI=1S/C34H26S2/c1-34(2,3)23-19-21(24-12-9-17-31-32(24)28-11-5-7-16-30(28)35-31)18-22(20-23)25-13-8-14-27-26-10-4-6-15-29(26)36-33(25)27/h4-20H,1-3H3. The maximum absolute atomic E-state index is 2.41. The van der Waals surface area contributed by atoms with E-state index >= 15 is 0 Å². The van der Waals surface area contributed by atoms with E-state index < -0.39 is 0 Å². The average molecular weight is 499 g/mol. The van der Waals surface area contributed by atoms with Crippen molar-refractivity contribution in [2.75, 3.05) is 0 Å². The Kier molecular flexibility index (Phi) is 4.86. The molecule has 0 unspecified atom stereocenters. The first-order chi connectivity index (χ1) is 17.5. The predicted octanol–water partition coefficient (Wildman–Crippen LogP) is 11.1. The van der Waals surface area contributed by atoms with Crippen LogP contribution >= 0.6 is 22.7 Å². The lowest BCUT2D eigenvalue weighted by molar-refractivity contribution is 0.591. The lowest BCUT2D eigenvalue weighted by Gasteiger charge is -2.22. The summed E-state index contributed by atoms with van der Waals surface area (Å²) in [5.41, 5.74) is 6.65. The zero-order chi connectivity index (χ0) is 24.4. The molecule has 0 bridgehead atoms. The summed E-state index contributed by atoms with van der Waals surface area (Å²) in [5, 5.41) is 5.42. The molecule has 0 aliphatic heterocycles. The fourth-order valence-corrected chi connectivity index (χ4v) is 7.73. The highest BCUT2D eigenvalue weighted by atomic mass is 32.1. The van der Waals surface area contributed by atoms with E-state index in [4.69, 9.17) is 0 Å². The van der Waals surface area contributed by atoms with Crippen molar-refractivity contribution >= 4 is 63.0 Å². The molecule has 0 amide bonds. The molecule has 0 aliphatic carbocycles. The molecule has 2 heterocycles. The normalized spacial score (nSPS) is 12.3. The third-order valence-corrected chi connectivity index (χ3v) is 9.58. The third-order valence-electron chi connectivity index (χ3n) is 7.23. The number of thiophene rings is 2. The van der Waals surface area contributed by atoms with E-state index in [0.717, 1.165) is 0 Å². The van der Waals surface area contributed by atoms with Gasteiger partial charge in [0.15, 0.2) is 0 Å². The maximum atomic E-state index is 2.41. The fraction of sp³-hybridized carbons (Fsp3) is 0.118. The first-order valence-electron chi connectivity index (χ1n) is 12.4. The van der Waals surface area contributed by atoms with Gasteiger partial charge in [-0.15, -0.1) is 22.7 Å². The van der Waals surface area contributed by atoms with Gasteiger partial charge in [-0.25, -0.2) is 0 Å². The maximum Gasteiger partial charge on any atom is 0.0433 e. The lowest BCUT2D eigenvalue weighted by atomic mass is 9.83. The predicted molar refractivity (Wildman–Crippen MR) is 162 cm³/mol. The van der Waals surface area contributed by atoms with Crippen LogP contribution in [-0.4, -0.2) is 0 Å². The van der Waals surface area contributed by atoms with Crippen LogP contribution in [0.2, 0.25) is 0 Å². The second kappa shape index (κ2) is 8.03. The van der Waals surface area contributed by atoms with E-state index in [0.29, 0.717) is 0 Å². The van der Waals surface area contributed by atoms with Gasteiger partial charge in [0.2, 0.25) is 0 Å². The Labute approximate surface area is 219 Å². The molecule has 0 aliphatic rings. The summed E-state index contributed by atoms with van der Waals surface area (Å²) in [6.07, 6.45) is 0. The molecule has 174 valence electrons. The molecule has 0 saturated carbocycles. The van der Waals surface area contributed by atoms with Crippen molar-refractivity contribution in [2.24, 2.45) is 0 Å². The Bertz CT molecular complexity index is 1920. The van der Waals surface area contributed by atoms with Crippen molar-refractivity contribution < 1.29 is 0 Å². The molecule has 7 aromatic rings. The second-order valence-electron chi connectivity index (χ2n) is 10.6. The van der Waals surface area contributed by atoms with Crippen LogP contribution in [0, 0.1) is 0 Å². The molecule has 0 N–H and O–H groups in total. The van der Waals surface area contributed by atoms with Crippen LogP contribution in [0.25, 0.3) is 62.6 Å². The summed E-state index contributed by atoms with van der Waals surface area (Å²) in [7, 11) is 0. The fourth-order valence-electron chi connectivity index (χ4n) is 5.36. The molecule has 2 aromatic heterocycles. The monoisotopic (exact) mass is 498 g/mol. The lowest BCUT2D eigenvalue weighted by Crippen LogP contribution is -2.11. The largest absolute Gasteiger partial charge is 0.135 e. The van der Waals surface area contributed by atoms with Crippen molar-refractivity contribution in [1.29, 1.82) is 0 Å². The Morgan fingerprint density at radius 2 is 1.08 bits per heavy atom. The Morgan fingerprint density at radius 3 is 1.86 bits per heavy atom. The summed E-state index contributed by atoms with van der Waals surface area (Å²) in [6, 6.07) is 38.4. The number of rotatable bonds is 2. The van der Waals surface area contributed by atoms with Gasteiger partial charge in [0.1, 0.15) is 0 Å². The van der Waals surface area contributed by atoms with Gasteiger partial charge in [0.05, 0.1) is 0 Å². The highest BCUT2D eigenvalue weighted by molar-refractivity contribution is 7.26.